The van der Waals surface area contributed by atoms with Crippen molar-refractivity contribution in [1.82, 2.24) is 14.5 Å². The van der Waals surface area contributed by atoms with Crippen molar-refractivity contribution in [3.8, 4) is 5.75 Å². The summed E-state index contributed by atoms with van der Waals surface area (Å²) in [6.07, 6.45) is 4.66. The third-order valence-electron chi connectivity index (χ3n) is 5.82. The number of pyridine rings is 2. The third-order valence-corrected chi connectivity index (χ3v) is 5.82. The summed E-state index contributed by atoms with van der Waals surface area (Å²) >= 11 is 0. The van der Waals surface area contributed by atoms with Gasteiger partial charge in [0.1, 0.15) is 12.4 Å². The normalized spacial score (nSPS) is 12.8. The zero-order valence-electron chi connectivity index (χ0n) is 20.3. The SMILES string of the molecule is C=Cc1cc2c3ccncc3c(=O)n(C)c2cc1OC[C@H](CC(C)C)N(C(=O)O)C(C)(C)C. The molecule has 0 saturated carbocycles. The van der Waals surface area contributed by atoms with Gasteiger partial charge in [0.25, 0.3) is 5.56 Å². The summed E-state index contributed by atoms with van der Waals surface area (Å²) in [6.45, 7) is 13.9. The molecule has 1 aromatic carbocycles. The molecule has 2 aromatic heterocycles. The van der Waals surface area contributed by atoms with E-state index in [4.69, 9.17) is 4.74 Å². The molecule has 1 atom stereocenters. The highest BCUT2D eigenvalue weighted by Crippen LogP contribution is 2.31. The Balaban J connectivity index is 2.08. The van der Waals surface area contributed by atoms with Crippen LogP contribution < -0.4 is 10.3 Å². The summed E-state index contributed by atoms with van der Waals surface area (Å²) < 4.78 is 7.82. The highest BCUT2D eigenvalue weighted by Gasteiger charge is 2.34. The smallest absolute Gasteiger partial charge is 0.408 e. The van der Waals surface area contributed by atoms with Crippen LogP contribution in [0.3, 0.4) is 0 Å². The molecule has 0 saturated heterocycles. The maximum atomic E-state index is 12.9. The lowest BCUT2D eigenvalue weighted by atomic mass is 9.97. The Morgan fingerprint density at radius 2 is 1.97 bits per heavy atom. The first-order chi connectivity index (χ1) is 15.5. The molecule has 0 aliphatic heterocycles. The number of nitrogens with zero attached hydrogens (tertiary/aromatic N) is 3. The maximum Gasteiger partial charge on any atom is 0.408 e. The molecule has 2 heterocycles. The molecular weight excluding hydrogens is 418 g/mol. The number of ether oxygens (including phenoxy) is 1. The van der Waals surface area contributed by atoms with E-state index in [-0.39, 0.29) is 18.2 Å². The summed E-state index contributed by atoms with van der Waals surface area (Å²) in [5, 5.41) is 12.2. The molecule has 3 aromatic rings. The standard InChI is InChI=1S/C26H33N3O4/c1-8-17-12-20-19-9-10-27-14-21(19)24(30)28(7)22(20)13-23(17)33-15-18(11-16(2)3)29(25(31)32)26(4,5)6/h8-10,12-14,16,18H,1,11,15H2,2-7H3,(H,31,32)/t18-/m0/s1. The fourth-order valence-corrected chi connectivity index (χ4v) is 4.42. The first-order valence-corrected chi connectivity index (χ1v) is 11.1. The van der Waals surface area contributed by atoms with E-state index in [0.29, 0.717) is 23.5 Å². The first-order valence-electron chi connectivity index (χ1n) is 11.1. The van der Waals surface area contributed by atoms with Crippen LogP contribution in [0.5, 0.6) is 5.75 Å². The van der Waals surface area contributed by atoms with E-state index in [2.05, 4.69) is 25.4 Å². The number of aryl methyl sites for hydroxylation is 1. The Bertz CT molecular complexity index is 1250. The van der Waals surface area contributed by atoms with Crippen molar-refractivity contribution in [2.75, 3.05) is 6.61 Å². The predicted molar refractivity (Wildman–Crippen MR) is 133 cm³/mol. The van der Waals surface area contributed by atoms with Crippen molar-refractivity contribution >= 4 is 33.8 Å². The van der Waals surface area contributed by atoms with Crippen molar-refractivity contribution in [2.45, 2.75) is 52.6 Å². The second kappa shape index (κ2) is 9.25. The van der Waals surface area contributed by atoms with E-state index < -0.39 is 11.6 Å². The second-order valence-electron chi connectivity index (χ2n) is 9.81. The molecule has 176 valence electrons. The summed E-state index contributed by atoms with van der Waals surface area (Å²) in [5.74, 6) is 0.855. The van der Waals surface area contributed by atoms with Gasteiger partial charge < -0.3 is 14.4 Å². The van der Waals surface area contributed by atoms with E-state index >= 15 is 0 Å². The van der Waals surface area contributed by atoms with Gasteiger partial charge in [0, 0.05) is 42.0 Å². The van der Waals surface area contributed by atoms with Crippen molar-refractivity contribution < 1.29 is 14.6 Å². The summed E-state index contributed by atoms with van der Waals surface area (Å²) in [7, 11) is 1.72. The molecule has 1 amide bonds. The minimum atomic E-state index is -0.971. The third kappa shape index (κ3) is 4.87. The predicted octanol–water partition coefficient (Wildman–Crippen LogP) is 5.30. The average Bonchev–Trinajstić information content (AvgIpc) is 2.73. The number of hydrogen-bond acceptors (Lipinski definition) is 4. The second-order valence-corrected chi connectivity index (χ2v) is 9.81. The van der Waals surface area contributed by atoms with Gasteiger partial charge in [-0.2, -0.15) is 0 Å². The van der Waals surface area contributed by atoms with Crippen molar-refractivity contribution in [3.05, 3.63) is 53.1 Å². The molecule has 0 spiro atoms. The number of hydrogen-bond donors (Lipinski definition) is 1. The Morgan fingerprint density at radius 3 is 2.55 bits per heavy atom. The number of carboxylic acid groups (broad SMARTS) is 1. The van der Waals surface area contributed by atoms with Crippen LogP contribution in [0.15, 0.2) is 42.0 Å². The van der Waals surface area contributed by atoms with Crippen molar-refractivity contribution in [2.24, 2.45) is 13.0 Å². The summed E-state index contributed by atoms with van der Waals surface area (Å²) in [6, 6.07) is 5.29. The fourth-order valence-electron chi connectivity index (χ4n) is 4.42. The number of aromatic nitrogens is 2. The molecule has 0 aliphatic rings. The van der Waals surface area contributed by atoms with Crippen molar-refractivity contribution in [1.29, 1.82) is 0 Å². The molecule has 7 heteroatoms. The van der Waals surface area contributed by atoms with E-state index in [1.807, 2.05) is 39.0 Å². The van der Waals surface area contributed by atoms with E-state index in [9.17, 15) is 14.7 Å². The van der Waals surface area contributed by atoms with Crippen LogP contribution in [0.2, 0.25) is 0 Å². The average molecular weight is 452 g/mol. The molecule has 7 nitrogen and oxygen atoms in total. The van der Waals surface area contributed by atoms with Crippen LogP contribution in [0, 0.1) is 5.92 Å². The van der Waals surface area contributed by atoms with E-state index in [1.54, 1.807) is 30.1 Å². The molecule has 0 unspecified atom stereocenters. The Hall–Kier alpha value is -3.35. The van der Waals surface area contributed by atoms with Gasteiger partial charge in [-0.3, -0.25) is 14.7 Å². The van der Waals surface area contributed by atoms with Crippen LogP contribution in [0.4, 0.5) is 4.79 Å². The zero-order chi connectivity index (χ0) is 24.5. The Morgan fingerprint density at radius 1 is 1.27 bits per heavy atom. The summed E-state index contributed by atoms with van der Waals surface area (Å²) in [5.41, 5.74) is 0.798. The van der Waals surface area contributed by atoms with Crippen molar-refractivity contribution in [3.63, 3.8) is 0 Å². The van der Waals surface area contributed by atoms with Gasteiger partial charge in [0.2, 0.25) is 0 Å². The molecule has 0 aliphatic carbocycles. The quantitative estimate of drug-likeness (QED) is 0.493. The van der Waals surface area contributed by atoms with Crippen LogP contribution in [-0.2, 0) is 7.05 Å². The monoisotopic (exact) mass is 451 g/mol. The van der Waals surface area contributed by atoms with Gasteiger partial charge in [-0.25, -0.2) is 4.79 Å². The molecule has 0 fully saturated rings. The molecule has 33 heavy (non-hydrogen) atoms. The number of benzene rings is 1. The van der Waals surface area contributed by atoms with Crippen LogP contribution >= 0.6 is 0 Å². The molecular formula is C26H33N3O4. The maximum absolute atomic E-state index is 12.9. The van der Waals surface area contributed by atoms with E-state index in [0.717, 1.165) is 21.9 Å². The van der Waals surface area contributed by atoms with Gasteiger partial charge in [0.15, 0.2) is 0 Å². The number of fused-ring (bicyclic) bond motifs is 3. The number of rotatable bonds is 7. The Kier molecular flexibility index (Phi) is 6.81. The van der Waals surface area contributed by atoms with Gasteiger partial charge in [-0.05, 0) is 50.6 Å². The largest absolute Gasteiger partial charge is 0.491 e. The fraction of sp³-hybridized carbons (Fsp3) is 0.423. The topological polar surface area (TPSA) is 84.7 Å². The van der Waals surface area contributed by atoms with Gasteiger partial charge in [-0.1, -0.05) is 26.5 Å². The molecule has 3 rings (SSSR count). The van der Waals surface area contributed by atoms with Crippen LogP contribution in [0.25, 0.3) is 27.8 Å². The number of carbonyl (C=O) groups is 1. The van der Waals surface area contributed by atoms with Gasteiger partial charge in [0.05, 0.1) is 16.9 Å². The lowest BCUT2D eigenvalue weighted by Crippen LogP contribution is -2.53. The minimum Gasteiger partial charge on any atom is -0.491 e. The highest BCUT2D eigenvalue weighted by molar-refractivity contribution is 6.06. The lowest BCUT2D eigenvalue weighted by molar-refractivity contribution is 0.0434. The lowest BCUT2D eigenvalue weighted by Gasteiger charge is -2.40. The highest BCUT2D eigenvalue weighted by atomic mass is 16.5. The summed E-state index contributed by atoms with van der Waals surface area (Å²) in [4.78, 5) is 30.5. The first kappa shape index (κ1) is 24.3. The number of amides is 1. The zero-order valence-corrected chi connectivity index (χ0v) is 20.3. The van der Waals surface area contributed by atoms with Gasteiger partial charge in [-0.15, -0.1) is 0 Å². The molecule has 1 N–H and O–H groups in total. The van der Waals surface area contributed by atoms with Crippen LogP contribution in [-0.4, -0.2) is 43.8 Å². The Labute approximate surface area is 194 Å². The van der Waals surface area contributed by atoms with E-state index in [1.165, 1.54) is 4.90 Å². The van der Waals surface area contributed by atoms with Gasteiger partial charge >= 0.3 is 6.09 Å². The molecule has 0 radical (unpaired) electrons. The molecule has 0 bridgehead atoms. The van der Waals surface area contributed by atoms with Crippen LogP contribution in [0.1, 0.15) is 46.6 Å². The minimum absolute atomic E-state index is 0.134.